The molecule has 0 saturated heterocycles. The van der Waals surface area contributed by atoms with Gasteiger partial charge in [0.15, 0.2) is 11.5 Å². The summed E-state index contributed by atoms with van der Waals surface area (Å²) < 4.78 is 16.2. The summed E-state index contributed by atoms with van der Waals surface area (Å²) in [5.41, 5.74) is 5.87. The number of anilines is 1. The molecule has 0 bridgehead atoms. The quantitative estimate of drug-likeness (QED) is 0.755. The van der Waals surface area contributed by atoms with Crippen molar-refractivity contribution in [1.82, 2.24) is 0 Å². The Morgan fingerprint density at radius 2 is 2.00 bits per heavy atom. The molecule has 2 heterocycles. The van der Waals surface area contributed by atoms with E-state index in [1.54, 1.807) is 38.1 Å². The number of para-hydroxylation sites is 2. The monoisotopic (exact) mass is 390 g/mol. The number of hydrogen-bond acceptors (Lipinski definition) is 7. The van der Waals surface area contributed by atoms with Gasteiger partial charge in [-0.25, -0.2) is 4.79 Å². The van der Waals surface area contributed by atoms with Crippen LogP contribution in [-0.4, -0.2) is 37.1 Å². The van der Waals surface area contributed by atoms with Crippen LogP contribution < -0.4 is 20.5 Å². The molecular weight excluding hydrogens is 372 g/mol. The highest BCUT2D eigenvalue weighted by molar-refractivity contribution is 7.18. The molecule has 8 nitrogen and oxygen atoms in total. The van der Waals surface area contributed by atoms with Gasteiger partial charge in [-0.2, -0.15) is 0 Å². The lowest BCUT2D eigenvalue weighted by Gasteiger charge is -2.25. The molecule has 0 unspecified atom stereocenters. The second kappa shape index (κ2) is 7.67. The minimum Gasteiger partial charge on any atom is -0.485 e. The Bertz CT molecular complexity index is 907. The first-order chi connectivity index (χ1) is 12.9. The number of fused-ring (bicyclic) bond motifs is 1. The smallest absolute Gasteiger partial charge is 0.348 e. The normalized spacial score (nSPS) is 15.1. The van der Waals surface area contributed by atoms with E-state index in [0.717, 1.165) is 11.3 Å². The van der Waals surface area contributed by atoms with Gasteiger partial charge >= 0.3 is 5.97 Å². The number of esters is 1. The summed E-state index contributed by atoms with van der Waals surface area (Å²) in [5, 5.41) is 2.79. The van der Waals surface area contributed by atoms with Gasteiger partial charge in [0.1, 0.15) is 16.5 Å². The fourth-order valence-corrected chi connectivity index (χ4v) is 3.74. The zero-order chi connectivity index (χ0) is 19.6. The minimum atomic E-state index is -0.908. The van der Waals surface area contributed by atoms with E-state index >= 15 is 0 Å². The van der Waals surface area contributed by atoms with Crippen molar-refractivity contribution in [3.63, 3.8) is 0 Å². The lowest BCUT2D eigenvalue weighted by atomic mass is 10.1. The van der Waals surface area contributed by atoms with Crippen LogP contribution in [-0.2, 0) is 9.53 Å². The summed E-state index contributed by atoms with van der Waals surface area (Å²) in [7, 11) is 0. The second-order valence-electron chi connectivity index (χ2n) is 5.70. The third-order valence-corrected chi connectivity index (χ3v) is 5.08. The number of ether oxygens (including phenoxy) is 3. The maximum absolute atomic E-state index is 12.6. The van der Waals surface area contributed by atoms with Gasteiger partial charge in [-0.15, -0.1) is 11.3 Å². The maximum atomic E-state index is 12.6. The third kappa shape index (κ3) is 3.72. The first-order valence-corrected chi connectivity index (χ1v) is 9.03. The molecule has 3 rings (SSSR count). The van der Waals surface area contributed by atoms with Gasteiger partial charge < -0.3 is 25.3 Å². The number of carbonyl (C=O) groups excluding carboxylic acids is 3. The van der Waals surface area contributed by atoms with Gasteiger partial charge in [0.25, 0.3) is 11.8 Å². The second-order valence-corrected chi connectivity index (χ2v) is 6.72. The number of hydrogen-bond donors (Lipinski definition) is 2. The van der Waals surface area contributed by atoms with Gasteiger partial charge in [0, 0.05) is 0 Å². The van der Waals surface area contributed by atoms with Gasteiger partial charge in [0.05, 0.1) is 12.2 Å². The third-order valence-electron chi connectivity index (χ3n) is 3.89. The summed E-state index contributed by atoms with van der Waals surface area (Å²) in [6.07, 6.45) is -0.908. The number of nitrogens with one attached hydrogen (secondary N) is 1. The van der Waals surface area contributed by atoms with Crippen molar-refractivity contribution in [2.45, 2.75) is 20.0 Å². The van der Waals surface area contributed by atoms with Gasteiger partial charge in [-0.1, -0.05) is 12.1 Å². The number of rotatable bonds is 5. The van der Waals surface area contributed by atoms with E-state index in [4.69, 9.17) is 19.9 Å². The summed E-state index contributed by atoms with van der Waals surface area (Å²) in [6.45, 7) is 3.46. The fourth-order valence-electron chi connectivity index (χ4n) is 2.63. The predicted octanol–water partition coefficient (Wildman–Crippen LogP) is 2.11. The molecule has 0 spiro atoms. The SMILES string of the molecule is CCOC(=O)c1sc(NC(=O)[C@H]2COc3ccccc3O2)c(C(N)=O)c1C. The van der Waals surface area contributed by atoms with E-state index in [1.165, 1.54) is 0 Å². The van der Waals surface area contributed by atoms with Crippen LogP contribution in [0.4, 0.5) is 5.00 Å². The Hall–Kier alpha value is -3.07. The Labute approximate surface area is 159 Å². The number of thiophene rings is 1. The van der Waals surface area contributed by atoms with Crippen LogP contribution in [0.25, 0.3) is 0 Å². The minimum absolute atomic E-state index is 0.0177. The molecule has 142 valence electrons. The lowest BCUT2D eigenvalue weighted by molar-refractivity contribution is -0.125. The number of nitrogens with two attached hydrogens (primary N) is 1. The Kier molecular flexibility index (Phi) is 5.31. The van der Waals surface area contributed by atoms with Crippen LogP contribution in [0.15, 0.2) is 24.3 Å². The number of primary amides is 1. The molecule has 1 atom stereocenters. The highest BCUT2D eigenvalue weighted by atomic mass is 32.1. The Morgan fingerprint density at radius 3 is 2.67 bits per heavy atom. The van der Waals surface area contributed by atoms with E-state index in [-0.39, 0.29) is 28.7 Å². The molecule has 1 aromatic carbocycles. The summed E-state index contributed by atoms with van der Waals surface area (Å²) in [6, 6.07) is 7.00. The molecule has 0 saturated carbocycles. The van der Waals surface area contributed by atoms with Crippen LogP contribution in [0.1, 0.15) is 32.5 Å². The number of carbonyl (C=O) groups is 3. The van der Waals surface area contributed by atoms with Crippen LogP contribution in [0.2, 0.25) is 0 Å². The largest absolute Gasteiger partial charge is 0.485 e. The highest BCUT2D eigenvalue weighted by Crippen LogP contribution is 2.35. The lowest BCUT2D eigenvalue weighted by Crippen LogP contribution is -2.40. The van der Waals surface area contributed by atoms with Crippen LogP contribution >= 0.6 is 11.3 Å². The molecule has 2 amide bonds. The molecule has 1 aliphatic heterocycles. The molecule has 0 fully saturated rings. The van der Waals surface area contributed by atoms with Crippen LogP contribution in [0.3, 0.4) is 0 Å². The number of benzene rings is 1. The molecule has 3 N–H and O–H groups in total. The Balaban J connectivity index is 1.82. The molecule has 1 aromatic heterocycles. The number of amides is 2. The first kappa shape index (κ1) is 18.7. The molecule has 1 aliphatic rings. The van der Waals surface area contributed by atoms with Crippen molar-refractivity contribution in [1.29, 1.82) is 0 Å². The van der Waals surface area contributed by atoms with Gasteiger partial charge in [-0.3, -0.25) is 9.59 Å². The van der Waals surface area contributed by atoms with Crippen molar-refractivity contribution in [3.8, 4) is 11.5 Å². The van der Waals surface area contributed by atoms with Crippen LogP contribution in [0, 0.1) is 6.92 Å². The molecule has 27 heavy (non-hydrogen) atoms. The summed E-state index contributed by atoms with van der Waals surface area (Å²) in [4.78, 5) is 36.7. The van der Waals surface area contributed by atoms with E-state index < -0.39 is 23.9 Å². The topological polar surface area (TPSA) is 117 Å². The molecule has 0 radical (unpaired) electrons. The van der Waals surface area contributed by atoms with Gasteiger partial charge in [0.2, 0.25) is 6.10 Å². The maximum Gasteiger partial charge on any atom is 0.348 e. The average molecular weight is 390 g/mol. The molecule has 9 heteroatoms. The molecular formula is C18H18N2O6S. The van der Waals surface area contributed by atoms with E-state index in [1.807, 2.05) is 0 Å². The highest BCUT2D eigenvalue weighted by Gasteiger charge is 2.30. The van der Waals surface area contributed by atoms with E-state index in [0.29, 0.717) is 17.1 Å². The summed E-state index contributed by atoms with van der Waals surface area (Å²) in [5.74, 6) is -0.830. The van der Waals surface area contributed by atoms with Crippen molar-refractivity contribution in [3.05, 3.63) is 40.3 Å². The summed E-state index contributed by atoms with van der Waals surface area (Å²) >= 11 is 0.937. The van der Waals surface area contributed by atoms with Crippen molar-refractivity contribution >= 4 is 34.1 Å². The van der Waals surface area contributed by atoms with Crippen molar-refractivity contribution in [2.75, 3.05) is 18.5 Å². The first-order valence-electron chi connectivity index (χ1n) is 8.22. The fraction of sp³-hybridized carbons (Fsp3) is 0.278. The molecule has 0 aliphatic carbocycles. The Morgan fingerprint density at radius 1 is 1.30 bits per heavy atom. The standard InChI is InChI=1S/C18H18N2O6S/c1-3-24-18(23)14-9(2)13(15(19)21)17(27-14)20-16(22)12-8-25-10-6-4-5-7-11(10)26-12/h4-7,12H,3,8H2,1-2H3,(H2,19,21)(H,20,22)/t12-/m1/s1. The average Bonchev–Trinajstić information content (AvgIpc) is 2.97. The van der Waals surface area contributed by atoms with Gasteiger partial charge in [-0.05, 0) is 31.5 Å². The molecule has 2 aromatic rings. The van der Waals surface area contributed by atoms with E-state index in [9.17, 15) is 14.4 Å². The zero-order valence-corrected chi connectivity index (χ0v) is 15.6. The van der Waals surface area contributed by atoms with E-state index in [2.05, 4.69) is 5.32 Å². The predicted molar refractivity (Wildman–Crippen MR) is 98.5 cm³/mol. The van der Waals surface area contributed by atoms with Crippen molar-refractivity contribution < 1.29 is 28.6 Å². The van der Waals surface area contributed by atoms with Crippen LogP contribution in [0.5, 0.6) is 11.5 Å². The zero-order valence-electron chi connectivity index (χ0n) is 14.7. The van der Waals surface area contributed by atoms with Crippen molar-refractivity contribution in [2.24, 2.45) is 5.73 Å².